The third kappa shape index (κ3) is 3.07. The van der Waals surface area contributed by atoms with Gasteiger partial charge in [0.2, 0.25) is 5.91 Å². The van der Waals surface area contributed by atoms with Crippen LogP contribution in [-0.4, -0.2) is 39.3 Å². The van der Waals surface area contributed by atoms with E-state index in [4.69, 9.17) is 9.47 Å². The molecule has 1 saturated heterocycles. The average molecular weight is 338 g/mol. The van der Waals surface area contributed by atoms with Crippen LogP contribution in [-0.2, 0) is 16.0 Å². The van der Waals surface area contributed by atoms with Crippen LogP contribution in [0.1, 0.15) is 22.7 Å². The van der Waals surface area contributed by atoms with Gasteiger partial charge < -0.3 is 19.7 Å². The maximum absolute atomic E-state index is 12.1. The Morgan fingerprint density at radius 3 is 2.72 bits per heavy atom. The van der Waals surface area contributed by atoms with Crippen molar-refractivity contribution < 1.29 is 14.3 Å². The summed E-state index contributed by atoms with van der Waals surface area (Å²) in [7, 11) is 1.68. The van der Waals surface area contributed by atoms with E-state index in [1.165, 1.54) is 0 Å². The summed E-state index contributed by atoms with van der Waals surface area (Å²) in [5.74, 6) is 0.842. The Hall–Kier alpha value is -2.53. The molecule has 2 aromatic rings. The molecule has 0 saturated carbocycles. The number of ether oxygens (including phenoxy) is 2. The molecule has 0 spiro atoms. The normalized spacial score (nSPS) is 20.0. The molecular weight excluding hydrogens is 316 g/mol. The lowest BCUT2D eigenvalue weighted by Gasteiger charge is -2.31. The van der Waals surface area contributed by atoms with Crippen molar-refractivity contribution in [2.75, 3.05) is 38.3 Å². The minimum Gasteiger partial charge on any atom is -0.496 e. The smallest absolute Gasteiger partial charge is 0.225 e. The fraction of sp³-hybridized carbons (Fsp3) is 0.350. The Labute approximate surface area is 147 Å². The number of hydrogen-bond acceptors (Lipinski definition) is 4. The van der Waals surface area contributed by atoms with Crippen molar-refractivity contribution in [2.24, 2.45) is 0 Å². The van der Waals surface area contributed by atoms with Crippen molar-refractivity contribution in [2.45, 2.75) is 12.5 Å². The van der Waals surface area contributed by atoms with E-state index in [1.54, 1.807) is 7.11 Å². The number of carbonyl (C=O) groups excluding carboxylic acids is 1. The van der Waals surface area contributed by atoms with Crippen molar-refractivity contribution in [1.82, 2.24) is 5.32 Å². The molecule has 1 atom stereocenters. The molecule has 1 N–H and O–H groups in total. The van der Waals surface area contributed by atoms with E-state index in [0.717, 1.165) is 54.4 Å². The zero-order valence-electron chi connectivity index (χ0n) is 14.3. The first-order valence-electron chi connectivity index (χ1n) is 8.64. The van der Waals surface area contributed by atoms with Crippen LogP contribution < -0.4 is 15.0 Å². The summed E-state index contributed by atoms with van der Waals surface area (Å²) in [5.41, 5.74) is 4.33. The van der Waals surface area contributed by atoms with E-state index in [-0.39, 0.29) is 11.9 Å². The van der Waals surface area contributed by atoms with Crippen LogP contribution in [0.5, 0.6) is 5.75 Å². The van der Waals surface area contributed by atoms with Crippen molar-refractivity contribution in [3.05, 3.63) is 59.2 Å². The summed E-state index contributed by atoms with van der Waals surface area (Å²) in [4.78, 5) is 14.4. The molecule has 5 heteroatoms. The Morgan fingerprint density at radius 1 is 1.12 bits per heavy atom. The molecule has 0 bridgehead atoms. The molecule has 5 nitrogen and oxygen atoms in total. The second kappa shape index (κ2) is 6.76. The number of anilines is 1. The molecular formula is C20H22N2O3. The Morgan fingerprint density at radius 2 is 1.92 bits per heavy atom. The van der Waals surface area contributed by atoms with Crippen LogP contribution in [0.3, 0.4) is 0 Å². The zero-order valence-corrected chi connectivity index (χ0v) is 14.3. The van der Waals surface area contributed by atoms with E-state index in [2.05, 4.69) is 34.5 Å². The first kappa shape index (κ1) is 16.0. The number of rotatable bonds is 3. The van der Waals surface area contributed by atoms with E-state index in [0.29, 0.717) is 6.42 Å². The molecule has 0 aromatic heterocycles. The van der Waals surface area contributed by atoms with Gasteiger partial charge in [0.1, 0.15) is 5.75 Å². The van der Waals surface area contributed by atoms with Crippen LogP contribution in [0, 0.1) is 0 Å². The molecule has 2 heterocycles. The van der Waals surface area contributed by atoms with Gasteiger partial charge in [-0.05, 0) is 17.2 Å². The molecule has 1 fully saturated rings. The van der Waals surface area contributed by atoms with E-state index in [9.17, 15) is 4.79 Å². The van der Waals surface area contributed by atoms with Gasteiger partial charge in [-0.3, -0.25) is 4.79 Å². The van der Waals surface area contributed by atoms with Crippen molar-refractivity contribution in [1.29, 1.82) is 0 Å². The molecule has 0 radical (unpaired) electrons. The zero-order chi connectivity index (χ0) is 17.2. The first-order valence-corrected chi connectivity index (χ1v) is 8.64. The predicted octanol–water partition coefficient (Wildman–Crippen LogP) is 2.29. The van der Waals surface area contributed by atoms with Crippen LogP contribution in [0.4, 0.5) is 5.69 Å². The Balaban J connectivity index is 1.71. The first-order chi connectivity index (χ1) is 12.3. The van der Waals surface area contributed by atoms with Crippen molar-refractivity contribution in [3.8, 4) is 5.75 Å². The number of nitrogens with one attached hydrogen (secondary N) is 1. The lowest BCUT2D eigenvalue weighted by molar-refractivity contribution is -0.121. The maximum Gasteiger partial charge on any atom is 0.225 e. The Kier molecular flexibility index (Phi) is 4.32. The molecule has 1 amide bonds. The lowest BCUT2D eigenvalue weighted by atomic mass is 9.89. The van der Waals surface area contributed by atoms with Gasteiger partial charge in [0.25, 0.3) is 0 Å². The Bertz CT molecular complexity index is 784. The molecule has 1 unspecified atom stereocenters. The van der Waals surface area contributed by atoms with E-state index in [1.807, 2.05) is 18.2 Å². The standard InChI is InChI=1S/C20H22N2O3/c1-24-18-13-15(22-8-10-25-11-9-22)6-7-17(18)20-16-5-3-2-4-14(16)12-19(23)21-20/h2-7,13,20H,8-12H2,1H3,(H,21,23). The van der Waals surface area contributed by atoms with Gasteiger partial charge in [0.15, 0.2) is 0 Å². The highest BCUT2D eigenvalue weighted by Gasteiger charge is 2.28. The van der Waals surface area contributed by atoms with Gasteiger partial charge in [-0.1, -0.05) is 30.3 Å². The minimum absolute atomic E-state index is 0.0445. The van der Waals surface area contributed by atoms with Crippen LogP contribution >= 0.6 is 0 Å². The molecule has 2 aliphatic heterocycles. The number of amides is 1. The molecule has 130 valence electrons. The van der Waals surface area contributed by atoms with Gasteiger partial charge in [0, 0.05) is 30.4 Å². The van der Waals surface area contributed by atoms with Crippen molar-refractivity contribution >= 4 is 11.6 Å². The maximum atomic E-state index is 12.1. The fourth-order valence-corrected chi connectivity index (χ4v) is 3.64. The lowest BCUT2D eigenvalue weighted by Crippen LogP contribution is -2.37. The van der Waals surface area contributed by atoms with E-state index >= 15 is 0 Å². The predicted molar refractivity (Wildman–Crippen MR) is 96.2 cm³/mol. The SMILES string of the molecule is COc1cc(N2CCOCC2)ccc1C1NC(=O)Cc2ccccc21. The minimum atomic E-state index is -0.175. The quantitative estimate of drug-likeness (QED) is 0.933. The highest BCUT2D eigenvalue weighted by Crippen LogP contribution is 2.36. The largest absolute Gasteiger partial charge is 0.496 e. The molecule has 2 aliphatic rings. The highest BCUT2D eigenvalue weighted by molar-refractivity contribution is 5.82. The highest BCUT2D eigenvalue weighted by atomic mass is 16.5. The summed E-state index contributed by atoms with van der Waals surface area (Å²) in [6.07, 6.45) is 0.431. The van der Waals surface area contributed by atoms with E-state index < -0.39 is 0 Å². The molecule has 25 heavy (non-hydrogen) atoms. The van der Waals surface area contributed by atoms with Gasteiger partial charge >= 0.3 is 0 Å². The van der Waals surface area contributed by atoms with Gasteiger partial charge in [-0.15, -0.1) is 0 Å². The second-order valence-corrected chi connectivity index (χ2v) is 6.40. The summed E-state index contributed by atoms with van der Waals surface area (Å²) in [6, 6.07) is 14.1. The number of nitrogens with zero attached hydrogens (tertiary/aromatic N) is 1. The second-order valence-electron chi connectivity index (χ2n) is 6.40. The number of benzene rings is 2. The van der Waals surface area contributed by atoms with Gasteiger partial charge in [-0.2, -0.15) is 0 Å². The van der Waals surface area contributed by atoms with Crippen LogP contribution in [0.2, 0.25) is 0 Å². The van der Waals surface area contributed by atoms with Crippen molar-refractivity contribution in [3.63, 3.8) is 0 Å². The summed E-state index contributed by atoms with van der Waals surface area (Å²) in [6.45, 7) is 3.25. The molecule has 2 aromatic carbocycles. The monoisotopic (exact) mass is 338 g/mol. The number of morpholine rings is 1. The average Bonchev–Trinajstić information content (AvgIpc) is 2.67. The third-order valence-electron chi connectivity index (χ3n) is 4.93. The number of methoxy groups -OCH3 is 1. The van der Waals surface area contributed by atoms with Crippen LogP contribution in [0.25, 0.3) is 0 Å². The summed E-state index contributed by atoms with van der Waals surface area (Å²) in [5, 5.41) is 3.11. The number of hydrogen-bond donors (Lipinski definition) is 1. The summed E-state index contributed by atoms with van der Waals surface area (Å²) < 4.78 is 11.1. The van der Waals surface area contributed by atoms with Gasteiger partial charge in [0.05, 0.1) is 32.8 Å². The topological polar surface area (TPSA) is 50.8 Å². The van der Waals surface area contributed by atoms with Gasteiger partial charge in [-0.25, -0.2) is 0 Å². The van der Waals surface area contributed by atoms with Crippen LogP contribution in [0.15, 0.2) is 42.5 Å². The number of carbonyl (C=O) groups is 1. The number of fused-ring (bicyclic) bond motifs is 1. The fourth-order valence-electron chi connectivity index (χ4n) is 3.64. The summed E-state index contributed by atoms with van der Waals surface area (Å²) >= 11 is 0. The molecule has 4 rings (SSSR count). The molecule has 0 aliphatic carbocycles. The third-order valence-corrected chi connectivity index (χ3v) is 4.93.